The second kappa shape index (κ2) is 11.7. The Balaban J connectivity index is 0.996. The van der Waals surface area contributed by atoms with Crippen molar-refractivity contribution in [2.75, 3.05) is 26.2 Å². The van der Waals surface area contributed by atoms with Crippen molar-refractivity contribution in [2.45, 2.75) is 50.8 Å². The zero-order valence-electron chi connectivity index (χ0n) is 22.7. The number of ether oxygens (including phenoxy) is 2. The molecule has 0 bridgehead atoms. The van der Waals surface area contributed by atoms with Gasteiger partial charge in [-0.2, -0.15) is 0 Å². The van der Waals surface area contributed by atoms with Gasteiger partial charge in [0.05, 0.1) is 24.9 Å². The number of nitrogens with zero attached hydrogens (tertiary/aromatic N) is 3. The summed E-state index contributed by atoms with van der Waals surface area (Å²) in [5, 5.41) is 2.26. The molecule has 2 fully saturated rings. The number of nitrogens with one attached hydrogen (secondary N) is 1. The lowest BCUT2D eigenvalue weighted by Crippen LogP contribution is -2.42. The van der Waals surface area contributed by atoms with Crippen LogP contribution in [-0.2, 0) is 4.79 Å². The summed E-state index contributed by atoms with van der Waals surface area (Å²) in [6.07, 6.45) is 6.66. The van der Waals surface area contributed by atoms with Crippen molar-refractivity contribution in [2.24, 2.45) is 11.8 Å². The van der Waals surface area contributed by atoms with E-state index in [0.717, 1.165) is 68.2 Å². The van der Waals surface area contributed by atoms with Gasteiger partial charge in [-0.15, -0.1) is 13.2 Å². The average Bonchev–Trinajstić information content (AvgIpc) is 3.45. The van der Waals surface area contributed by atoms with Gasteiger partial charge in [-0.1, -0.05) is 0 Å². The Morgan fingerprint density at radius 1 is 1.00 bits per heavy atom. The summed E-state index contributed by atoms with van der Waals surface area (Å²) in [7, 11) is 0. The molecule has 41 heavy (non-hydrogen) atoms. The van der Waals surface area contributed by atoms with Gasteiger partial charge < -0.3 is 14.5 Å². The number of likely N-dealkylation sites (tertiary alicyclic amines) is 1. The standard InChI is InChI=1S/C31H33F3N4O3/c32-31(33,34)41-24-9-7-23(8-10-24)40-19-20-2-1-15-38(17-20)18-28(39)22-5-3-21(4-6-22)25-11-13-35-27-16-37-30-26(29(25)27)12-14-36-30/h7-14,16,20-22,35H,1-6,15,17-19H2. The first-order chi connectivity index (χ1) is 19.8. The molecular weight excluding hydrogens is 533 g/mol. The third-order valence-electron chi connectivity index (χ3n) is 8.47. The van der Waals surface area contributed by atoms with E-state index < -0.39 is 6.36 Å². The predicted molar refractivity (Wildman–Crippen MR) is 149 cm³/mol. The van der Waals surface area contributed by atoms with E-state index >= 15 is 0 Å². The van der Waals surface area contributed by atoms with Gasteiger partial charge in [0.25, 0.3) is 0 Å². The van der Waals surface area contributed by atoms with Gasteiger partial charge in [0.1, 0.15) is 17.3 Å². The fourth-order valence-corrected chi connectivity index (χ4v) is 6.48. The number of aromatic nitrogens is 3. The minimum Gasteiger partial charge on any atom is -0.493 e. The molecule has 1 unspecified atom stereocenters. The number of halogens is 3. The van der Waals surface area contributed by atoms with Crippen LogP contribution in [0.5, 0.6) is 11.5 Å². The number of pyridine rings is 2. The van der Waals surface area contributed by atoms with Crippen molar-refractivity contribution >= 4 is 27.7 Å². The van der Waals surface area contributed by atoms with E-state index in [1.165, 1.54) is 35.2 Å². The molecule has 4 heterocycles. The van der Waals surface area contributed by atoms with E-state index in [2.05, 4.69) is 30.7 Å². The molecule has 3 aromatic heterocycles. The second-order valence-corrected chi connectivity index (χ2v) is 11.3. The van der Waals surface area contributed by atoms with Crippen molar-refractivity contribution in [3.8, 4) is 11.5 Å². The molecule has 1 saturated carbocycles. The van der Waals surface area contributed by atoms with Crippen LogP contribution in [0.3, 0.4) is 0 Å². The number of hydrogen-bond acceptors (Lipinski definition) is 6. The first-order valence-electron chi connectivity index (χ1n) is 14.3. The van der Waals surface area contributed by atoms with Crippen LogP contribution in [-0.4, -0.2) is 58.2 Å². The summed E-state index contributed by atoms with van der Waals surface area (Å²) in [6, 6.07) is 9.65. The molecule has 6 rings (SSSR count). The maximum atomic E-state index is 13.3. The Labute approximate surface area is 236 Å². The van der Waals surface area contributed by atoms with Crippen molar-refractivity contribution in [1.82, 2.24) is 19.9 Å². The number of carbonyl (C=O) groups is 1. The van der Waals surface area contributed by atoms with Gasteiger partial charge in [0, 0.05) is 41.5 Å². The Bertz CT molecular complexity index is 1500. The van der Waals surface area contributed by atoms with Gasteiger partial charge in [-0.3, -0.25) is 9.69 Å². The van der Waals surface area contributed by atoms with E-state index in [0.29, 0.717) is 30.6 Å². The van der Waals surface area contributed by atoms with E-state index in [1.54, 1.807) is 6.20 Å². The number of Topliss-reactive ketones (excluding diaryl/α,β-unsaturated/α-hetero) is 1. The van der Waals surface area contributed by atoms with Gasteiger partial charge in [-0.05, 0) is 92.9 Å². The molecule has 1 aliphatic carbocycles. The highest BCUT2D eigenvalue weighted by molar-refractivity contribution is 6.05. The largest absolute Gasteiger partial charge is 0.573 e. The molecule has 2 aliphatic rings. The SMILES string of the molecule is O=C(CN1CCCC(COc2ccc(OC(F)(F)F)cc2)C1)C1CCC(c2cc[nH]c3cnc4nccc4c23)CC1. The summed E-state index contributed by atoms with van der Waals surface area (Å²) in [5.74, 6) is 1.30. The third kappa shape index (κ3) is 6.48. The Morgan fingerprint density at radius 3 is 2.56 bits per heavy atom. The maximum absolute atomic E-state index is 13.3. The topological polar surface area (TPSA) is 80.3 Å². The number of alkyl halides is 3. The van der Waals surface area contributed by atoms with E-state index in [1.807, 2.05) is 18.5 Å². The van der Waals surface area contributed by atoms with Gasteiger partial charge >= 0.3 is 6.36 Å². The lowest BCUT2D eigenvalue weighted by Gasteiger charge is -2.34. The molecule has 1 saturated heterocycles. The first kappa shape index (κ1) is 27.5. The second-order valence-electron chi connectivity index (χ2n) is 11.3. The quantitative estimate of drug-likeness (QED) is 0.258. The van der Waals surface area contributed by atoms with E-state index in [4.69, 9.17) is 4.74 Å². The molecule has 1 aliphatic heterocycles. The number of ketones is 1. The fraction of sp³-hybridized carbons (Fsp3) is 0.452. The zero-order chi connectivity index (χ0) is 28.4. The van der Waals surface area contributed by atoms with Crippen LogP contribution in [0.15, 0.2) is 55.0 Å². The molecule has 1 atom stereocenters. The number of rotatable bonds is 8. The normalized spacial score (nSPS) is 22.2. The van der Waals surface area contributed by atoms with Gasteiger partial charge in [0.15, 0.2) is 5.65 Å². The molecule has 1 N–H and O–H groups in total. The molecule has 10 heteroatoms. The Hall–Kier alpha value is -3.66. The smallest absolute Gasteiger partial charge is 0.493 e. The van der Waals surface area contributed by atoms with Crippen molar-refractivity contribution in [3.05, 3.63) is 60.6 Å². The highest BCUT2D eigenvalue weighted by Gasteiger charge is 2.32. The van der Waals surface area contributed by atoms with Crippen LogP contribution in [0.4, 0.5) is 13.2 Å². The number of fused-ring (bicyclic) bond motifs is 3. The van der Waals surface area contributed by atoms with Crippen LogP contribution in [0.2, 0.25) is 0 Å². The van der Waals surface area contributed by atoms with E-state index in [9.17, 15) is 18.0 Å². The van der Waals surface area contributed by atoms with Crippen LogP contribution >= 0.6 is 0 Å². The molecule has 1 aromatic carbocycles. The van der Waals surface area contributed by atoms with Crippen LogP contribution in [0.25, 0.3) is 21.9 Å². The number of carbonyl (C=O) groups excluding carboxylic acids is 1. The molecule has 4 aromatic rings. The lowest BCUT2D eigenvalue weighted by molar-refractivity contribution is -0.274. The molecule has 7 nitrogen and oxygen atoms in total. The van der Waals surface area contributed by atoms with Gasteiger partial charge in [-0.25, -0.2) is 9.97 Å². The number of aromatic amines is 1. The number of piperidine rings is 1. The minimum atomic E-state index is -4.72. The van der Waals surface area contributed by atoms with Crippen LogP contribution in [0.1, 0.15) is 50.0 Å². The molecule has 0 radical (unpaired) electrons. The maximum Gasteiger partial charge on any atom is 0.573 e. The Morgan fingerprint density at radius 2 is 1.78 bits per heavy atom. The molecule has 0 amide bonds. The summed E-state index contributed by atoms with van der Waals surface area (Å²) in [5.41, 5.74) is 3.09. The third-order valence-corrected chi connectivity index (χ3v) is 8.47. The zero-order valence-corrected chi connectivity index (χ0v) is 22.7. The molecular formula is C31H33F3N4O3. The molecule has 0 spiro atoms. The minimum absolute atomic E-state index is 0.0872. The highest BCUT2D eigenvalue weighted by Crippen LogP contribution is 2.40. The van der Waals surface area contributed by atoms with Crippen molar-refractivity contribution in [1.29, 1.82) is 0 Å². The van der Waals surface area contributed by atoms with Crippen molar-refractivity contribution < 1.29 is 27.4 Å². The summed E-state index contributed by atoms with van der Waals surface area (Å²) < 4.78 is 46.9. The first-order valence-corrected chi connectivity index (χ1v) is 14.3. The predicted octanol–water partition coefficient (Wildman–Crippen LogP) is 6.64. The lowest BCUT2D eigenvalue weighted by atomic mass is 9.76. The highest BCUT2D eigenvalue weighted by atomic mass is 19.4. The Kier molecular flexibility index (Phi) is 7.84. The summed E-state index contributed by atoms with van der Waals surface area (Å²) >= 11 is 0. The van der Waals surface area contributed by atoms with Crippen LogP contribution in [0, 0.1) is 11.8 Å². The molecule has 216 valence electrons. The summed E-state index contributed by atoms with van der Waals surface area (Å²) in [4.78, 5) is 27.7. The number of hydrogen-bond donors (Lipinski definition) is 1. The summed E-state index contributed by atoms with van der Waals surface area (Å²) in [6.45, 7) is 2.59. The fourth-order valence-electron chi connectivity index (χ4n) is 6.48. The van der Waals surface area contributed by atoms with E-state index in [-0.39, 0.29) is 17.6 Å². The average molecular weight is 567 g/mol. The van der Waals surface area contributed by atoms with Crippen molar-refractivity contribution in [3.63, 3.8) is 0 Å². The number of benzene rings is 1. The van der Waals surface area contributed by atoms with Gasteiger partial charge in [0.2, 0.25) is 0 Å². The monoisotopic (exact) mass is 566 g/mol. The number of H-pyrrole nitrogens is 1. The van der Waals surface area contributed by atoms with Crippen LogP contribution < -0.4 is 9.47 Å².